The fourth-order valence-corrected chi connectivity index (χ4v) is 4.76. The molecule has 0 saturated carbocycles. The number of pyridine rings is 1. The second-order valence-electron chi connectivity index (χ2n) is 8.00. The minimum Gasteiger partial charge on any atom is -0.495 e. The van der Waals surface area contributed by atoms with Gasteiger partial charge in [0.05, 0.1) is 41.0 Å². The van der Waals surface area contributed by atoms with Crippen LogP contribution in [0.2, 0.25) is 10.0 Å². The van der Waals surface area contributed by atoms with Crippen LogP contribution in [-0.4, -0.2) is 53.1 Å². The maximum atomic E-state index is 13.2. The largest absolute Gasteiger partial charge is 0.495 e. The monoisotopic (exact) mass is 527 g/mol. The van der Waals surface area contributed by atoms with Crippen molar-refractivity contribution in [3.8, 4) is 22.6 Å². The topological polar surface area (TPSA) is 92.4 Å². The van der Waals surface area contributed by atoms with Gasteiger partial charge < -0.3 is 14.5 Å². The summed E-state index contributed by atoms with van der Waals surface area (Å²) in [6.07, 6.45) is 3.43. The summed E-state index contributed by atoms with van der Waals surface area (Å²) in [4.78, 5) is 27.5. The lowest BCUT2D eigenvalue weighted by Gasteiger charge is -2.17. The molecular weight excluding hydrogens is 501 g/mol. The Morgan fingerprint density at radius 2 is 1.78 bits per heavy atom. The molecule has 0 aliphatic heterocycles. The SMILES string of the molecule is CCN(CC)Cc1c[nH]c(NC(=O)c2ccc(-c3c(Cl)c(OC)cc(OC)c3Cl)c3cccnc23)n1. The van der Waals surface area contributed by atoms with E-state index in [2.05, 4.69) is 39.0 Å². The van der Waals surface area contributed by atoms with E-state index in [1.807, 2.05) is 6.07 Å². The van der Waals surface area contributed by atoms with Crippen molar-refractivity contribution in [3.63, 3.8) is 0 Å². The molecule has 2 aromatic heterocycles. The van der Waals surface area contributed by atoms with Crippen molar-refractivity contribution in [1.29, 1.82) is 0 Å². The lowest BCUT2D eigenvalue weighted by Crippen LogP contribution is -2.22. The summed E-state index contributed by atoms with van der Waals surface area (Å²) in [6.45, 7) is 6.74. The molecule has 0 saturated heterocycles. The van der Waals surface area contributed by atoms with Crippen LogP contribution in [0.1, 0.15) is 29.9 Å². The number of carbonyl (C=O) groups is 1. The van der Waals surface area contributed by atoms with E-state index in [0.29, 0.717) is 61.6 Å². The first kappa shape index (κ1) is 25.8. The molecule has 0 unspecified atom stereocenters. The zero-order valence-corrected chi connectivity index (χ0v) is 22.0. The first-order valence-corrected chi connectivity index (χ1v) is 12.2. The second-order valence-corrected chi connectivity index (χ2v) is 8.76. The highest BCUT2D eigenvalue weighted by molar-refractivity contribution is 6.41. The summed E-state index contributed by atoms with van der Waals surface area (Å²) >= 11 is 13.3. The van der Waals surface area contributed by atoms with E-state index in [4.69, 9.17) is 32.7 Å². The van der Waals surface area contributed by atoms with Gasteiger partial charge in [-0.15, -0.1) is 0 Å². The van der Waals surface area contributed by atoms with Crippen molar-refractivity contribution in [2.24, 2.45) is 0 Å². The van der Waals surface area contributed by atoms with Gasteiger partial charge in [0, 0.05) is 36.0 Å². The Morgan fingerprint density at radius 1 is 1.08 bits per heavy atom. The van der Waals surface area contributed by atoms with Gasteiger partial charge in [-0.3, -0.25) is 20.0 Å². The van der Waals surface area contributed by atoms with E-state index in [1.165, 1.54) is 14.2 Å². The molecule has 0 aliphatic rings. The summed E-state index contributed by atoms with van der Waals surface area (Å²) in [5.74, 6) is 0.878. The molecule has 2 N–H and O–H groups in total. The first-order chi connectivity index (χ1) is 17.4. The molecule has 0 radical (unpaired) electrons. The summed E-state index contributed by atoms with van der Waals surface area (Å²) in [5, 5.41) is 4.21. The minimum absolute atomic E-state index is 0.335. The Morgan fingerprint density at radius 3 is 2.42 bits per heavy atom. The van der Waals surface area contributed by atoms with Crippen molar-refractivity contribution in [2.45, 2.75) is 20.4 Å². The molecule has 36 heavy (non-hydrogen) atoms. The molecule has 2 heterocycles. The third-order valence-electron chi connectivity index (χ3n) is 6.00. The number of amides is 1. The molecule has 0 atom stereocenters. The number of carbonyl (C=O) groups excluding carboxylic acids is 1. The zero-order chi connectivity index (χ0) is 25.8. The van der Waals surface area contributed by atoms with E-state index in [-0.39, 0.29) is 5.91 Å². The van der Waals surface area contributed by atoms with Gasteiger partial charge in [0.15, 0.2) is 0 Å². The Balaban J connectivity index is 1.73. The second kappa shape index (κ2) is 11.2. The molecule has 1 amide bonds. The third kappa shape index (κ3) is 4.97. The third-order valence-corrected chi connectivity index (χ3v) is 6.75. The summed E-state index contributed by atoms with van der Waals surface area (Å²) in [7, 11) is 3.04. The molecule has 0 bridgehead atoms. The van der Waals surface area contributed by atoms with Crippen LogP contribution in [0.15, 0.2) is 42.7 Å². The van der Waals surface area contributed by atoms with Crippen molar-refractivity contribution in [3.05, 3.63) is 64.0 Å². The maximum Gasteiger partial charge on any atom is 0.260 e. The van der Waals surface area contributed by atoms with Gasteiger partial charge in [-0.1, -0.05) is 49.2 Å². The number of methoxy groups -OCH3 is 2. The number of aromatic amines is 1. The molecule has 4 aromatic rings. The molecular formula is C26H27Cl2N5O3. The molecule has 2 aromatic carbocycles. The number of H-pyrrole nitrogens is 1. The lowest BCUT2D eigenvalue weighted by molar-refractivity contribution is 0.102. The molecule has 0 aliphatic carbocycles. The highest BCUT2D eigenvalue weighted by atomic mass is 35.5. The highest BCUT2D eigenvalue weighted by Gasteiger charge is 2.22. The van der Waals surface area contributed by atoms with Gasteiger partial charge >= 0.3 is 0 Å². The molecule has 10 heteroatoms. The minimum atomic E-state index is -0.339. The fourth-order valence-electron chi connectivity index (χ4n) is 4.05. The predicted octanol–water partition coefficient (Wildman–Crippen LogP) is 6.04. The molecule has 4 rings (SSSR count). The van der Waals surface area contributed by atoms with E-state index in [1.54, 1.807) is 36.7 Å². The van der Waals surface area contributed by atoms with E-state index < -0.39 is 0 Å². The number of aromatic nitrogens is 3. The van der Waals surface area contributed by atoms with Crippen LogP contribution >= 0.6 is 23.2 Å². The van der Waals surface area contributed by atoms with Gasteiger partial charge in [0.25, 0.3) is 5.91 Å². The number of imidazole rings is 1. The number of rotatable bonds is 9. The Hall–Kier alpha value is -3.33. The van der Waals surface area contributed by atoms with Gasteiger partial charge in [0.1, 0.15) is 11.5 Å². The van der Waals surface area contributed by atoms with Gasteiger partial charge in [-0.05, 0) is 30.8 Å². The number of anilines is 1. The lowest BCUT2D eigenvalue weighted by atomic mass is 9.97. The van der Waals surface area contributed by atoms with Crippen LogP contribution in [0.5, 0.6) is 11.5 Å². The number of fused-ring (bicyclic) bond motifs is 1. The van der Waals surface area contributed by atoms with E-state index >= 15 is 0 Å². The molecule has 8 nitrogen and oxygen atoms in total. The van der Waals surface area contributed by atoms with Crippen LogP contribution in [-0.2, 0) is 6.54 Å². The molecule has 0 fully saturated rings. The number of hydrogen-bond acceptors (Lipinski definition) is 6. The number of halogens is 2. The van der Waals surface area contributed by atoms with Crippen LogP contribution in [0, 0.1) is 0 Å². The normalized spacial score (nSPS) is 11.2. The maximum absolute atomic E-state index is 13.2. The van der Waals surface area contributed by atoms with Crippen LogP contribution < -0.4 is 14.8 Å². The molecule has 0 spiro atoms. The first-order valence-electron chi connectivity index (χ1n) is 11.5. The number of ether oxygens (including phenoxy) is 2. The summed E-state index contributed by atoms with van der Waals surface area (Å²) in [6, 6.07) is 8.77. The van der Waals surface area contributed by atoms with Gasteiger partial charge in [0.2, 0.25) is 5.95 Å². The fraction of sp³-hybridized carbons (Fsp3) is 0.269. The number of hydrogen-bond donors (Lipinski definition) is 2. The van der Waals surface area contributed by atoms with Crippen molar-refractivity contribution < 1.29 is 14.3 Å². The number of nitrogens with one attached hydrogen (secondary N) is 2. The smallest absolute Gasteiger partial charge is 0.260 e. The average Bonchev–Trinajstić information content (AvgIpc) is 3.34. The summed E-state index contributed by atoms with van der Waals surface area (Å²) < 4.78 is 10.8. The Labute approximate surface area is 219 Å². The average molecular weight is 528 g/mol. The van der Waals surface area contributed by atoms with Crippen molar-refractivity contribution in [1.82, 2.24) is 19.9 Å². The number of nitrogens with zero attached hydrogens (tertiary/aromatic N) is 3. The van der Waals surface area contributed by atoms with Crippen LogP contribution in [0.4, 0.5) is 5.95 Å². The van der Waals surface area contributed by atoms with Crippen molar-refractivity contribution in [2.75, 3.05) is 32.6 Å². The Bertz CT molecular complexity index is 1370. The van der Waals surface area contributed by atoms with Gasteiger partial charge in [-0.25, -0.2) is 4.98 Å². The number of benzene rings is 2. The van der Waals surface area contributed by atoms with E-state index in [0.717, 1.165) is 18.8 Å². The standard InChI is InChI=1S/C26H27Cl2N5O3/c1-5-33(6-2)14-15-13-30-26(31-15)32-25(34)18-10-9-16(17-8-7-11-29-24(17)18)21-22(27)19(35-3)12-20(36-4)23(21)28/h7-13H,5-6,14H2,1-4H3,(H2,30,31,32,34). The predicted molar refractivity (Wildman–Crippen MR) is 143 cm³/mol. The highest BCUT2D eigenvalue weighted by Crippen LogP contribution is 2.47. The zero-order valence-electron chi connectivity index (χ0n) is 20.5. The Kier molecular flexibility index (Phi) is 7.98. The van der Waals surface area contributed by atoms with Gasteiger partial charge in [-0.2, -0.15) is 0 Å². The van der Waals surface area contributed by atoms with Crippen LogP contribution in [0.25, 0.3) is 22.0 Å². The molecule has 188 valence electrons. The quantitative estimate of drug-likeness (QED) is 0.275. The van der Waals surface area contributed by atoms with Crippen molar-refractivity contribution >= 4 is 46.0 Å². The van der Waals surface area contributed by atoms with E-state index in [9.17, 15) is 4.79 Å². The van der Waals surface area contributed by atoms with Crippen LogP contribution in [0.3, 0.4) is 0 Å². The summed E-state index contributed by atoms with van der Waals surface area (Å²) in [5.41, 5.74) is 2.96.